The van der Waals surface area contributed by atoms with Gasteiger partial charge in [0.05, 0.1) is 12.5 Å². The van der Waals surface area contributed by atoms with Gasteiger partial charge >= 0.3 is 5.97 Å². The first-order chi connectivity index (χ1) is 14.5. The highest BCUT2D eigenvalue weighted by Gasteiger charge is 2.28. The molecule has 1 N–H and O–H groups in total. The van der Waals surface area contributed by atoms with Crippen LogP contribution < -0.4 is 10.2 Å². The summed E-state index contributed by atoms with van der Waals surface area (Å²) in [6.45, 7) is 8.45. The van der Waals surface area contributed by atoms with Crippen LogP contribution in [-0.2, 0) is 16.1 Å². The lowest BCUT2D eigenvalue weighted by Crippen LogP contribution is -2.48. The molecule has 1 aromatic carbocycles. The number of nitrogens with zero attached hydrogens (tertiary/aromatic N) is 4. The fourth-order valence-corrected chi connectivity index (χ4v) is 4.42. The van der Waals surface area contributed by atoms with Gasteiger partial charge in [0.25, 0.3) is 0 Å². The van der Waals surface area contributed by atoms with Crippen LogP contribution in [0.15, 0.2) is 23.2 Å². The Morgan fingerprint density at radius 1 is 1.26 bits per heavy atom. The standard InChI is InChI=1S/C22H34ClN5O2.HI/c1-4-30-21(29)17-7-6-10-28(16-17)22(24-2)25-15-18-19(23)8-5-9-20(18)27-13-11-26(3)12-14-27;/h5,8-9,17H,4,6-7,10-16H2,1-3H3,(H,24,25);1H. The molecule has 0 radical (unpaired) electrons. The van der Waals surface area contributed by atoms with Gasteiger partial charge in [0, 0.05) is 69.1 Å². The molecule has 31 heavy (non-hydrogen) atoms. The fourth-order valence-electron chi connectivity index (χ4n) is 4.19. The SMILES string of the molecule is CCOC(=O)C1CCCN(C(=NC)NCc2c(Cl)cccc2N2CCN(C)CC2)C1.I. The average molecular weight is 564 g/mol. The number of piperazine rings is 1. The smallest absolute Gasteiger partial charge is 0.310 e. The molecule has 7 nitrogen and oxygen atoms in total. The van der Waals surface area contributed by atoms with Gasteiger partial charge in [-0.2, -0.15) is 0 Å². The molecule has 0 aliphatic carbocycles. The monoisotopic (exact) mass is 563 g/mol. The maximum absolute atomic E-state index is 12.2. The zero-order chi connectivity index (χ0) is 21.5. The second kappa shape index (κ2) is 12.7. The van der Waals surface area contributed by atoms with E-state index >= 15 is 0 Å². The third-order valence-corrected chi connectivity index (χ3v) is 6.27. The van der Waals surface area contributed by atoms with Crippen molar-refractivity contribution in [3.05, 3.63) is 28.8 Å². The van der Waals surface area contributed by atoms with E-state index in [1.54, 1.807) is 7.05 Å². The Hall–Kier alpha value is -1.26. The maximum atomic E-state index is 12.2. The van der Waals surface area contributed by atoms with E-state index in [-0.39, 0.29) is 35.9 Å². The number of likely N-dealkylation sites (tertiary alicyclic amines) is 1. The zero-order valence-electron chi connectivity index (χ0n) is 18.8. The summed E-state index contributed by atoms with van der Waals surface area (Å²) in [6, 6.07) is 6.11. The van der Waals surface area contributed by atoms with E-state index in [1.807, 2.05) is 19.1 Å². The van der Waals surface area contributed by atoms with Gasteiger partial charge in [-0.25, -0.2) is 0 Å². The van der Waals surface area contributed by atoms with Crippen LogP contribution in [0.2, 0.25) is 5.02 Å². The molecular formula is C22H35ClIN5O2. The van der Waals surface area contributed by atoms with Crippen molar-refractivity contribution in [3.8, 4) is 0 Å². The molecule has 2 fully saturated rings. The van der Waals surface area contributed by atoms with Gasteiger partial charge in [0.1, 0.15) is 0 Å². The van der Waals surface area contributed by atoms with Crippen LogP contribution in [0.25, 0.3) is 0 Å². The molecule has 2 aliphatic rings. The summed E-state index contributed by atoms with van der Waals surface area (Å²) < 4.78 is 5.23. The Morgan fingerprint density at radius 2 is 2.00 bits per heavy atom. The minimum atomic E-state index is -0.110. The van der Waals surface area contributed by atoms with Gasteiger partial charge in [-0.15, -0.1) is 24.0 Å². The molecule has 2 saturated heterocycles. The number of aliphatic imine (C=N–C) groups is 1. The lowest BCUT2D eigenvalue weighted by molar-refractivity contribution is -0.149. The maximum Gasteiger partial charge on any atom is 0.310 e. The lowest BCUT2D eigenvalue weighted by Gasteiger charge is -2.36. The highest BCUT2D eigenvalue weighted by atomic mass is 127. The van der Waals surface area contributed by atoms with Crippen molar-refractivity contribution in [1.29, 1.82) is 0 Å². The molecule has 174 valence electrons. The van der Waals surface area contributed by atoms with Gasteiger partial charge in [-0.05, 0) is 38.9 Å². The quantitative estimate of drug-likeness (QED) is 0.257. The average Bonchev–Trinajstić information content (AvgIpc) is 2.76. The molecule has 1 aromatic rings. The van der Waals surface area contributed by atoms with Crippen molar-refractivity contribution < 1.29 is 9.53 Å². The molecule has 0 aromatic heterocycles. The number of guanidine groups is 1. The number of benzene rings is 1. The second-order valence-corrected chi connectivity index (χ2v) is 8.37. The van der Waals surface area contributed by atoms with Crippen molar-refractivity contribution in [1.82, 2.24) is 15.1 Å². The van der Waals surface area contributed by atoms with Crippen molar-refractivity contribution in [2.75, 3.05) is 64.9 Å². The third kappa shape index (κ3) is 6.86. The first kappa shape index (κ1) is 26.0. The number of anilines is 1. The molecule has 1 unspecified atom stereocenters. The van der Waals surface area contributed by atoms with E-state index in [0.717, 1.165) is 62.1 Å². The molecule has 3 rings (SSSR count). The van der Waals surface area contributed by atoms with Crippen molar-refractivity contribution in [3.63, 3.8) is 0 Å². The molecule has 0 bridgehead atoms. The number of rotatable bonds is 5. The molecule has 0 spiro atoms. The Morgan fingerprint density at radius 3 is 2.68 bits per heavy atom. The van der Waals surface area contributed by atoms with Crippen LogP contribution in [0.4, 0.5) is 5.69 Å². The number of hydrogen-bond donors (Lipinski definition) is 1. The molecule has 0 amide bonds. The number of esters is 1. The summed E-state index contributed by atoms with van der Waals surface area (Å²) in [6.07, 6.45) is 1.81. The van der Waals surface area contributed by atoms with Crippen molar-refractivity contribution in [2.24, 2.45) is 10.9 Å². The number of likely N-dealkylation sites (N-methyl/N-ethyl adjacent to an activating group) is 1. The number of ether oxygens (including phenoxy) is 1. The molecule has 9 heteroatoms. The van der Waals surface area contributed by atoms with Gasteiger partial charge in [-0.1, -0.05) is 17.7 Å². The summed E-state index contributed by atoms with van der Waals surface area (Å²) in [5.74, 6) is 0.591. The number of piperidine rings is 1. The number of nitrogens with one attached hydrogen (secondary N) is 1. The number of halogens is 2. The van der Waals surface area contributed by atoms with Gasteiger partial charge < -0.3 is 24.8 Å². The number of carbonyl (C=O) groups is 1. The van der Waals surface area contributed by atoms with Gasteiger partial charge in [-0.3, -0.25) is 9.79 Å². The van der Waals surface area contributed by atoms with Crippen LogP contribution in [0, 0.1) is 5.92 Å². The Kier molecular flexibility index (Phi) is 10.6. The third-order valence-electron chi connectivity index (χ3n) is 5.91. The predicted molar refractivity (Wildman–Crippen MR) is 138 cm³/mol. The zero-order valence-corrected chi connectivity index (χ0v) is 21.9. The van der Waals surface area contributed by atoms with E-state index < -0.39 is 0 Å². The van der Waals surface area contributed by atoms with Crippen molar-refractivity contribution >= 4 is 53.2 Å². The van der Waals surface area contributed by atoms with E-state index in [0.29, 0.717) is 19.7 Å². The van der Waals surface area contributed by atoms with Crippen LogP contribution in [0.1, 0.15) is 25.3 Å². The van der Waals surface area contributed by atoms with E-state index in [1.165, 1.54) is 5.69 Å². The molecule has 2 aliphatic heterocycles. The number of carbonyl (C=O) groups excluding carboxylic acids is 1. The molecule has 1 atom stereocenters. The highest BCUT2D eigenvalue weighted by molar-refractivity contribution is 14.0. The van der Waals surface area contributed by atoms with Crippen LogP contribution in [0.5, 0.6) is 0 Å². The first-order valence-corrected chi connectivity index (χ1v) is 11.2. The second-order valence-electron chi connectivity index (χ2n) is 7.97. The largest absolute Gasteiger partial charge is 0.466 e. The molecule has 0 saturated carbocycles. The van der Waals surface area contributed by atoms with Gasteiger partial charge in [0.2, 0.25) is 0 Å². The minimum absolute atomic E-state index is 0. The molecule has 2 heterocycles. The Labute approximate surface area is 208 Å². The number of hydrogen-bond acceptors (Lipinski definition) is 5. The summed E-state index contributed by atoms with van der Waals surface area (Å²) in [7, 11) is 3.94. The Balaban J connectivity index is 0.00000341. The van der Waals surface area contributed by atoms with Gasteiger partial charge in [0.15, 0.2) is 5.96 Å². The van der Waals surface area contributed by atoms with Crippen molar-refractivity contribution in [2.45, 2.75) is 26.3 Å². The Bertz CT molecular complexity index is 755. The summed E-state index contributed by atoms with van der Waals surface area (Å²) in [5, 5.41) is 4.24. The predicted octanol–water partition coefficient (Wildman–Crippen LogP) is 3.06. The van der Waals surface area contributed by atoms with E-state index in [2.05, 4.69) is 38.1 Å². The summed E-state index contributed by atoms with van der Waals surface area (Å²) in [5.41, 5.74) is 2.27. The molecular weight excluding hydrogens is 529 g/mol. The van der Waals surface area contributed by atoms with E-state index in [4.69, 9.17) is 16.3 Å². The summed E-state index contributed by atoms with van der Waals surface area (Å²) in [4.78, 5) is 23.6. The fraction of sp³-hybridized carbons (Fsp3) is 0.636. The highest BCUT2D eigenvalue weighted by Crippen LogP contribution is 2.28. The van der Waals surface area contributed by atoms with Crippen LogP contribution in [-0.4, -0.2) is 81.7 Å². The summed E-state index contributed by atoms with van der Waals surface area (Å²) >= 11 is 6.60. The lowest BCUT2D eigenvalue weighted by atomic mass is 9.98. The normalized spacial score (nSPS) is 20.3. The van der Waals surface area contributed by atoms with Crippen LogP contribution in [0.3, 0.4) is 0 Å². The van der Waals surface area contributed by atoms with Crippen LogP contribution >= 0.6 is 35.6 Å². The first-order valence-electron chi connectivity index (χ1n) is 10.9. The van der Waals surface area contributed by atoms with E-state index in [9.17, 15) is 4.79 Å². The minimum Gasteiger partial charge on any atom is -0.466 e. The topological polar surface area (TPSA) is 60.4 Å².